The highest BCUT2D eigenvalue weighted by molar-refractivity contribution is 7.99. The molecule has 0 saturated carbocycles. The summed E-state index contributed by atoms with van der Waals surface area (Å²) in [5.41, 5.74) is 7.20. The van der Waals surface area contributed by atoms with E-state index < -0.39 is 0 Å². The fourth-order valence-electron chi connectivity index (χ4n) is 1.26. The molecule has 0 aliphatic heterocycles. The zero-order valence-electron chi connectivity index (χ0n) is 9.60. The minimum Gasteiger partial charge on any atom is -0.469 e. The Bertz CT molecular complexity index is 441. The molecular weight excluding hydrogens is 236 g/mol. The largest absolute Gasteiger partial charge is 0.469 e. The third kappa shape index (κ3) is 4.37. The molecule has 0 aliphatic carbocycles. The average Bonchev–Trinajstić information content (AvgIpc) is 2.33. The predicted octanol–water partition coefficient (Wildman–Crippen LogP) is 1.99. The maximum absolute atomic E-state index is 10.9. The SMILES string of the molecule is COC(=O)CCSc1ccc(N)c(CC#N)c1. The lowest BCUT2D eigenvalue weighted by molar-refractivity contribution is -0.140. The van der Waals surface area contributed by atoms with Gasteiger partial charge in [-0.3, -0.25) is 4.79 Å². The van der Waals surface area contributed by atoms with Crippen LogP contribution in [0.3, 0.4) is 0 Å². The standard InChI is InChI=1S/C12H14N2O2S/c1-16-12(15)5-7-17-10-2-3-11(14)9(8-10)4-6-13/h2-3,8H,4-5,7,14H2,1H3. The highest BCUT2D eigenvalue weighted by Crippen LogP contribution is 2.23. The zero-order chi connectivity index (χ0) is 12.7. The molecule has 90 valence electrons. The Morgan fingerprint density at radius 1 is 1.59 bits per heavy atom. The lowest BCUT2D eigenvalue weighted by Gasteiger charge is -2.05. The van der Waals surface area contributed by atoms with Crippen molar-refractivity contribution in [2.45, 2.75) is 17.7 Å². The van der Waals surface area contributed by atoms with E-state index in [2.05, 4.69) is 10.8 Å². The molecule has 5 heteroatoms. The molecule has 0 fully saturated rings. The van der Waals surface area contributed by atoms with Crippen molar-refractivity contribution in [1.82, 2.24) is 0 Å². The number of hydrogen-bond donors (Lipinski definition) is 1. The average molecular weight is 250 g/mol. The summed E-state index contributed by atoms with van der Waals surface area (Å²) in [6, 6.07) is 7.63. The normalized spacial score (nSPS) is 9.65. The van der Waals surface area contributed by atoms with Crippen LogP contribution in [0.25, 0.3) is 0 Å². The van der Waals surface area contributed by atoms with Gasteiger partial charge >= 0.3 is 5.97 Å². The molecule has 0 spiro atoms. The number of methoxy groups -OCH3 is 1. The molecule has 0 saturated heterocycles. The number of ether oxygens (including phenoxy) is 1. The molecule has 0 unspecified atom stereocenters. The van der Waals surface area contributed by atoms with Crippen molar-refractivity contribution < 1.29 is 9.53 Å². The van der Waals surface area contributed by atoms with Crippen molar-refractivity contribution in [3.63, 3.8) is 0 Å². The number of carbonyl (C=O) groups excluding carboxylic acids is 1. The van der Waals surface area contributed by atoms with Gasteiger partial charge in [0.15, 0.2) is 0 Å². The van der Waals surface area contributed by atoms with E-state index in [1.165, 1.54) is 7.11 Å². The summed E-state index contributed by atoms with van der Waals surface area (Å²) in [6.45, 7) is 0. The van der Waals surface area contributed by atoms with Gasteiger partial charge in [-0.25, -0.2) is 0 Å². The third-order valence-corrected chi connectivity index (χ3v) is 3.18. The van der Waals surface area contributed by atoms with Gasteiger partial charge in [-0.1, -0.05) is 0 Å². The maximum atomic E-state index is 10.9. The van der Waals surface area contributed by atoms with Crippen LogP contribution in [0.15, 0.2) is 23.1 Å². The molecule has 1 aromatic rings. The lowest BCUT2D eigenvalue weighted by Crippen LogP contribution is -2.01. The fraction of sp³-hybridized carbons (Fsp3) is 0.333. The van der Waals surface area contributed by atoms with E-state index >= 15 is 0 Å². The quantitative estimate of drug-likeness (QED) is 0.491. The number of esters is 1. The lowest BCUT2D eigenvalue weighted by atomic mass is 10.1. The second-order valence-corrected chi connectivity index (χ2v) is 4.54. The van der Waals surface area contributed by atoms with Gasteiger partial charge in [0.1, 0.15) is 0 Å². The van der Waals surface area contributed by atoms with Crippen molar-refractivity contribution in [2.24, 2.45) is 0 Å². The van der Waals surface area contributed by atoms with Crippen LogP contribution in [0.2, 0.25) is 0 Å². The number of anilines is 1. The molecule has 0 aliphatic rings. The highest BCUT2D eigenvalue weighted by Gasteiger charge is 2.04. The van der Waals surface area contributed by atoms with Crippen molar-refractivity contribution in [1.29, 1.82) is 5.26 Å². The third-order valence-electron chi connectivity index (χ3n) is 2.19. The van der Waals surface area contributed by atoms with Gasteiger partial charge < -0.3 is 10.5 Å². The monoisotopic (exact) mass is 250 g/mol. The zero-order valence-corrected chi connectivity index (χ0v) is 10.4. The summed E-state index contributed by atoms with van der Waals surface area (Å²) in [5, 5.41) is 8.64. The van der Waals surface area contributed by atoms with Crippen LogP contribution in [0.4, 0.5) is 5.69 Å². The first kappa shape index (κ1) is 13.4. The van der Waals surface area contributed by atoms with E-state index in [9.17, 15) is 4.79 Å². The summed E-state index contributed by atoms with van der Waals surface area (Å²) < 4.78 is 4.55. The molecule has 0 bridgehead atoms. The Balaban J connectivity index is 2.57. The van der Waals surface area contributed by atoms with E-state index in [0.29, 0.717) is 24.3 Å². The Kier molecular flexibility index (Phi) is 5.37. The molecule has 0 atom stereocenters. The van der Waals surface area contributed by atoms with Crippen LogP contribution in [-0.4, -0.2) is 18.8 Å². The van der Waals surface area contributed by atoms with E-state index in [1.807, 2.05) is 12.1 Å². The van der Waals surface area contributed by atoms with Crippen LogP contribution in [-0.2, 0) is 16.0 Å². The summed E-state index contributed by atoms with van der Waals surface area (Å²) in [5.74, 6) is 0.438. The number of nitrogen functional groups attached to an aromatic ring is 1. The second kappa shape index (κ2) is 6.81. The van der Waals surface area contributed by atoms with Gasteiger partial charge in [0.05, 0.1) is 26.0 Å². The number of rotatable bonds is 5. The van der Waals surface area contributed by atoms with Gasteiger partial charge in [-0.05, 0) is 23.8 Å². The van der Waals surface area contributed by atoms with Crippen molar-refractivity contribution >= 4 is 23.4 Å². The first-order chi connectivity index (χ1) is 8.17. The molecule has 1 aromatic carbocycles. The summed E-state index contributed by atoms with van der Waals surface area (Å²) in [6.07, 6.45) is 0.677. The first-order valence-electron chi connectivity index (χ1n) is 5.12. The van der Waals surface area contributed by atoms with Gasteiger partial charge in [-0.2, -0.15) is 5.26 Å². The summed E-state index contributed by atoms with van der Waals surface area (Å²) in [7, 11) is 1.38. The molecule has 4 nitrogen and oxygen atoms in total. The van der Waals surface area contributed by atoms with E-state index in [4.69, 9.17) is 11.0 Å². The van der Waals surface area contributed by atoms with Gasteiger partial charge in [0.25, 0.3) is 0 Å². The van der Waals surface area contributed by atoms with Crippen LogP contribution >= 0.6 is 11.8 Å². The highest BCUT2D eigenvalue weighted by atomic mass is 32.2. The molecular formula is C12H14N2O2S. The molecule has 2 N–H and O–H groups in total. The van der Waals surface area contributed by atoms with Gasteiger partial charge in [-0.15, -0.1) is 11.8 Å². The Morgan fingerprint density at radius 3 is 3.00 bits per heavy atom. The van der Waals surface area contributed by atoms with E-state index in [1.54, 1.807) is 17.8 Å². The Labute approximate surface area is 105 Å². The number of carbonyl (C=O) groups is 1. The first-order valence-corrected chi connectivity index (χ1v) is 6.11. The topological polar surface area (TPSA) is 76.1 Å². The Morgan fingerprint density at radius 2 is 2.35 bits per heavy atom. The molecule has 0 amide bonds. The minimum atomic E-state index is -0.217. The van der Waals surface area contributed by atoms with E-state index in [-0.39, 0.29) is 5.97 Å². The smallest absolute Gasteiger partial charge is 0.306 e. The van der Waals surface area contributed by atoms with Crippen molar-refractivity contribution in [3.8, 4) is 6.07 Å². The number of nitrogens with two attached hydrogens (primary N) is 1. The second-order valence-electron chi connectivity index (χ2n) is 3.37. The number of benzene rings is 1. The number of hydrogen-bond acceptors (Lipinski definition) is 5. The van der Waals surface area contributed by atoms with Crippen LogP contribution < -0.4 is 5.73 Å². The maximum Gasteiger partial charge on any atom is 0.306 e. The van der Waals surface area contributed by atoms with Crippen molar-refractivity contribution in [3.05, 3.63) is 23.8 Å². The molecule has 0 aromatic heterocycles. The number of nitriles is 1. The predicted molar refractivity (Wildman–Crippen MR) is 67.5 cm³/mol. The van der Waals surface area contributed by atoms with Crippen molar-refractivity contribution in [2.75, 3.05) is 18.6 Å². The Hall–Kier alpha value is -1.67. The van der Waals surface area contributed by atoms with E-state index in [0.717, 1.165) is 10.5 Å². The van der Waals surface area contributed by atoms with Crippen LogP contribution in [0.1, 0.15) is 12.0 Å². The molecule has 0 heterocycles. The fourth-order valence-corrected chi connectivity index (χ4v) is 2.16. The molecule has 17 heavy (non-hydrogen) atoms. The van der Waals surface area contributed by atoms with Crippen LogP contribution in [0.5, 0.6) is 0 Å². The van der Waals surface area contributed by atoms with Gasteiger partial charge in [0, 0.05) is 16.3 Å². The van der Waals surface area contributed by atoms with Gasteiger partial charge in [0.2, 0.25) is 0 Å². The summed E-state index contributed by atoms with van der Waals surface area (Å²) in [4.78, 5) is 11.9. The minimum absolute atomic E-state index is 0.217. The number of nitrogens with zero attached hydrogens (tertiary/aromatic N) is 1. The number of thioether (sulfide) groups is 1. The molecule has 0 radical (unpaired) electrons. The van der Waals surface area contributed by atoms with Crippen LogP contribution in [0, 0.1) is 11.3 Å². The summed E-state index contributed by atoms with van der Waals surface area (Å²) >= 11 is 1.55. The molecule has 1 rings (SSSR count).